The zero-order valence-corrected chi connectivity index (χ0v) is 14.4. The first-order chi connectivity index (χ1) is 12.4. The summed E-state index contributed by atoms with van der Waals surface area (Å²) >= 11 is 0. The van der Waals surface area contributed by atoms with E-state index in [4.69, 9.17) is 9.52 Å². The number of aryl methyl sites for hydroxylation is 1. The molecule has 2 aromatic rings. The molecule has 1 unspecified atom stereocenters. The van der Waals surface area contributed by atoms with Crippen LogP contribution in [0.2, 0.25) is 0 Å². The van der Waals surface area contributed by atoms with E-state index in [1.54, 1.807) is 4.90 Å². The molecule has 1 fully saturated rings. The number of nitrogens with zero attached hydrogens (tertiary/aromatic N) is 1. The Morgan fingerprint density at radius 2 is 1.96 bits per heavy atom. The van der Waals surface area contributed by atoms with Crippen LogP contribution >= 0.6 is 0 Å². The normalized spacial score (nSPS) is 16.7. The Morgan fingerprint density at radius 1 is 1.23 bits per heavy atom. The molecule has 1 saturated heterocycles. The van der Waals surface area contributed by atoms with Gasteiger partial charge in [0.15, 0.2) is 0 Å². The summed E-state index contributed by atoms with van der Waals surface area (Å²) in [7, 11) is 0. The molecule has 0 radical (unpaired) electrons. The fraction of sp³-hybridized carbons (Fsp3) is 0.316. The summed E-state index contributed by atoms with van der Waals surface area (Å²) in [4.78, 5) is 37.1. The third-order valence-electron chi connectivity index (χ3n) is 4.41. The summed E-state index contributed by atoms with van der Waals surface area (Å²) in [6.45, 7) is 2.46. The van der Waals surface area contributed by atoms with Crippen molar-refractivity contribution in [2.45, 2.75) is 38.9 Å². The zero-order chi connectivity index (χ0) is 18.7. The highest BCUT2D eigenvalue weighted by atomic mass is 16.4. The summed E-state index contributed by atoms with van der Waals surface area (Å²) in [6, 6.07) is 10.2. The summed E-state index contributed by atoms with van der Waals surface area (Å²) in [6.07, 6.45) is 0.808. The molecule has 0 spiro atoms. The van der Waals surface area contributed by atoms with Gasteiger partial charge in [-0.1, -0.05) is 29.8 Å². The van der Waals surface area contributed by atoms with Crippen LogP contribution in [0, 0.1) is 6.92 Å². The average molecular weight is 356 g/mol. The first kappa shape index (κ1) is 17.7. The number of aromatic carboxylic acids is 1. The minimum atomic E-state index is -1.16. The molecular weight excluding hydrogens is 336 g/mol. The van der Waals surface area contributed by atoms with Gasteiger partial charge in [0, 0.05) is 13.0 Å². The van der Waals surface area contributed by atoms with Gasteiger partial charge in [-0.25, -0.2) is 4.79 Å². The van der Waals surface area contributed by atoms with Gasteiger partial charge >= 0.3 is 5.97 Å². The highest BCUT2D eigenvalue weighted by Crippen LogP contribution is 2.22. The number of likely N-dealkylation sites (tertiary alicyclic amines) is 1. The van der Waals surface area contributed by atoms with E-state index in [2.05, 4.69) is 5.32 Å². The third-order valence-corrected chi connectivity index (χ3v) is 4.41. The van der Waals surface area contributed by atoms with Gasteiger partial charge in [-0.15, -0.1) is 0 Å². The Kier molecular flexibility index (Phi) is 5.06. The summed E-state index contributed by atoms with van der Waals surface area (Å²) in [5.41, 5.74) is 2.11. The number of carboxylic acid groups (broad SMARTS) is 1. The second-order valence-electron chi connectivity index (χ2n) is 6.35. The zero-order valence-electron chi connectivity index (χ0n) is 14.4. The SMILES string of the molecule is Cc1ccc(CN2C(=O)CCC2C(=O)NCc2ccc(C(=O)O)o2)cc1. The molecule has 1 atom stereocenters. The highest BCUT2D eigenvalue weighted by Gasteiger charge is 2.35. The van der Waals surface area contributed by atoms with Gasteiger partial charge in [-0.3, -0.25) is 9.59 Å². The largest absolute Gasteiger partial charge is 0.475 e. The number of carboxylic acids is 1. The number of hydrogen-bond acceptors (Lipinski definition) is 4. The standard InChI is InChI=1S/C19H20N2O5/c1-12-2-4-13(5-3-12)11-21-15(7-9-17(21)22)18(23)20-10-14-6-8-16(26-14)19(24)25/h2-6,8,15H,7,9-11H2,1H3,(H,20,23)(H,24,25). The van der Waals surface area contributed by atoms with Gasteiger partial charge in [-0.05, 0) is 31.0 Å². The van der Waals surface area contributed by atoms with E-state index < -0.39 is 12.0 Å². The van der Waals surface area contributed by atoms with Crippen LogP contribution in [0.4, 0.5) is 0 Å². The first-order valence-electron chi connectivity index (χ1n) is 8.39. The molecule has 1 aliphatic heterocycles. The molecule has 26 heavy (non-hydrogen) atoms. The predicted molar refractivity (Wildman–Crippen MR) is 92.3 cm³/mol. The minimum absolute atomic E-state index is 0.0445. The second kappa shape index (κ2) is 7.43. The van der Waals surface area contributed by atoms with Crippen LogP contribution in [0.5, 0.6) is 0 Å². The number of carbonyl (C=O) groups excluding carboxylic acids is 2. The average Bonchev–Trinajstić information content (AvgIpc) is 3.23. The van der Waals surface area contributed by atoms with Crippen molar-refractivity contribution in [2.24, 2.45) is 0 Å². The minimum Gasteiger partial charge on any atom is -0.475 e. The van der Waals surface area contributed by atoms with Gasteiger partial charge < -0.3 is 19.7 Å². The monoisotopic (exact) mass is 356 g/mol. The molecule has 7 heteroatoms. The fourth-order valence-corrected chi connectivity index (χ4v) is 2.97. The van der Waals surface area contributed by atoms with Crippen molar-refractivity contribution < 1.29 is 23.9 Å². The van der Waals surface area contributed by atoms with Crippen LogP contribution in [0.1, 0.15) is 40.3 Å². The van der Waals surface area contributed by atoms with E-state index in [0.29, 0.717) is 25.1 Å². The Bertz CT molecular complexity index is 825. The fourth-order valence-electron chi connectivity index (χ4n) is 2.97. The maximum Gasteiger partial charge on any atom is 0.371 e. The third kappa shape index (κ3) is 3.93. The van der Waals surface area contributed by atoms with E-state index in [1.165, 1.54) is 12.1 Å². The lowest BCUT2D eigenvalue weighted by atomic mass is 10.1. The molecule has 7 nitrogen and oxygen atoms in total. The van der Waals surface area contributed by atoms with Gasteiger partial charge in [-0.2, -0.15) is 0 Å². The van der Waals surface area contributed by atoms with Crippen LogP contribution in [0.3, 0.4) is 0 Å². The second-order valence-corrected chi connectivity index (χ2v) is 6.35. The molecule has 0 bridgehead atoms. The molecule has 0 aliphatic carbocycles. The number of amides is 2. The lowest BCUT2D eigenvalue weighted by Gasteiger charge is -2.24. The number of nitrogens with one attached hydrogen (secondary N) is 1. The molecule has 3 rings (SSSR count). The van der Waals surface area contributed by atoms with E-state index in [-0.39, 0.29) is 24.1 Å². The van der Waals surface area contributed by atoms with Crippen molar-refractivity contribution in [3.8, 4) is 0 Å². The van der Waals surface area contributed by atoms with Crippen LogP contribution in [0.15, 0.2) is 40.8 Å². The lowest BCUT2D eigenvalue weighted by molar-refractivity contribution is -0.135. The summed E-state index contributed by atoms with van der Waals surface area (Å²) < 4.78 is 5.12. The number of carbonyl (C=O) groups is 3. The first-order valence-corrected chi connectivity index (χ1v) is 8.39. The van der Waals surface area contributed by atoms with E-state index in [0.717, 1.165) is 11.1 Å². The maximum absolute atomic E-state index is 12.5. The maximum atomic E-state index is 12.5. The van der Waals surface area contributed by atoms with E-state index in [9.17, 15) is 14.4 Å². The molecule has 2 N–H and O–H groups in total. The van der Waals surface area contributed by atoms with Gasteiger partial charge in [0.1, 0.15) is 11.8 Å². The van der Waals surface area contributed by atoms with Gasteiger partial charge in [0.05, 0.1) is 6.54 Å². The van der Waals surface area contributed by atoms with Gasteiger partial charge in [0.2, 0.25) is 17.6 Å². The molecule has 1 aromatic heterocycles. The number of benzene rings is 1. The molecule has 0 saturated carbocycles. The topological polar surface area (TPSA) is 99.9 Å². The van der Waals surface area contributed by atoms with E-state index in [1.807, 2.05) is 31.2 Å². The Hall–Kier alpha value is -3.09. The summed E-state index contributed by atoms with van der Waals surface area (Å²) in [5.74, 6) is -1.29. The Labute approximate surface area is 150 Å². The predicted octanol–water partition coefficient (Wildman–Crippen LogP) is 2.09. The smallest absolute Gasteiger partial charge is 0.371 e. The summed E-state index contributed by atoms with van der Waals surface area (Å²) in [5, 5.41) is 11.6. The Balaban J connectivity index is 1.62. The quantitative estimate of drug-likeness (QED) is 0.826. The van der Waals surface area contributed by atoms with Crippen molar-refractivity contribution in [1.82, 2.24) is 10.2 Å². The van der Waals surface area contributed by atoms with Crippen molar-refractivity contribution >= 4 is 17.8 Å². The van der Waals surface area contributed by atoms with Crippen LogP contribution in [-0.4, -0.2) is 33.8 Å². The molecule has 2 heterocycles. The number of rotatable bonds is 6. The van der Waals surface area contributed by atoms with Crippen molar-refractivity contribution in [1.29, 1.82) is 0 Å². The molecule has 136 valence electrons. The molecule has 2 amide bonds. The van der Waals surface area contributed by atoms with Gasteiger partial charge in [0.25, 0.3) is 0 Å². The van der Waals surface area contributed by atoms with Crippen molar-refractivity contribution in [2.75, 3.05) is 0 Å². The molecule has 1 aliphatic rings. The van der Waals surface area contributed by atoms with Crippen molar-refractivity contribution in [3.63, 3.8) is 0 Å². The van der Waals surface area contributed by atoms with Crippen molar-refractivity contribution in [3.05, 3.63) is 59.0 Å². The molecular formula is C19H20N2O5. The number of hydrogen-bond donors (Lipinski definition) is 2. The van der Waals surface area contributed by atoms with Crippen LogP contribution in [-0.2, 0) is 22.7 Å². The van der Waals surface area contributed by atoms with Crippen LogP contribution < -0.4 is 5.32 Å². The molecule has 1 aromatic carbocycles. The lowest BCUT2D eigenvalue weighted by Crippen LogP contribution is -2.44. The Morgan fingerprint density at radius 3 is 2.62 bits per heavy atom. The number of furan rings is 1. The van der Waals surface area contributed by atoms with Crippen LogP contribution in [0.25, 0.3) is 0 Å². The van der Waals surface area contributed by atoms with E-state index >= 15 is 0 Å². The highest BCUT2D eigenvalue weighted by molar-refractivity contribution is 5.90.